The van der Waals surface area contributed by atoms with Crippen LogP contribution in [0.4, 0.5) is 5.69 Å². The van der Waals surface area contributed by atoms with E-state index in [0.29, 0.717) is 11.0 Å². The predicted octanol–water partition coefficient (Wildman–Crippen LogP) is 3.75. The third-order valence-corrected chi connectivity index (χ3v) is 4.53. The Bertz CT molecular complexity index is 422. The van der Waals surface area contributed by atoms with Crippen molar-refractivity contribution in [1.29, 1.82) is 0 Å². The van der Waals surface area contributed by atoms with Crippen molar-refractivity contribution in [1.82, 2.24) is 0 Å². The van der Waals surface area contributed by atoms with Gasteiger partial charge in [-0.05, 0) is 12.8 Å². The van der Waals surface area contributed by atoms with E-state index in [4.69, 9.17) is 0 Å². The molecular formula is C15H20N+. The van der Waals surface area contributed by atoms with Gasteiger partial charge in [-0.3, -0.25) is 0 Å². The molecule has 0 unspecified atom stereocenters. The molecule has 4 rings (SSSR count). The third kappa shape index (κ3) is 1.41. The van der Waals surface area contributed by atoms with Crippen molar-refractivity contribution >= 4 is 11.9 Å². The number of para-hydroxylation sites is 1. The zero-order valence-electron chi connectivity index (χ0n) is 10.2. The maximum absolute atomic E-state index is 2.53. The molecule has 1 aliphatic carbocycles. The molecule has 16 heavy (non-hydrogen) atoms. The summed E-state index contributed by atoms with van der Waals surface area (Å²) in [6.45, 7) is 4.82. The average molecular weight is 214 g/mol. The molecule has 84 valence electrons. The van der Waals surface area contributed by atoms with E-state index < -0.39 is 0 Å². The van der Waals surface area contributed by atoms with E-state index in [1.165, 1.54) is 31.4 Å². The first-order chi connectivity index (χ1) is 7.61. The topological polar surface area (TPSA) is 3.01 Å². The molecule has 0 atom stereocenters. The van der Waals surface area contributed by atoms with Crippen molar-refractivity contribution in [3.8, 4) is 0 Å². The van der Waals surface area contributed by atoms with Gasteiger partial charge in [-0.25, -0.2) is 0 Å². The predicted molar refractivity (Wildman–Crippen MR) is 67.4 cm³/mol. The number of rotatable bonds is 1. The van der Waals surface area contributed by atoms with Crippen LogP contribution in [-0.2, 0) is 0 Å². The Labute approximate surface area is 97.8 Å². The zero-order chi connectivity index (χ0) is 11.2. The number of hydrogen-bond donors (Lipinski definition) is 0. The highest BCUT2D eigenvalue weighted by molar-refractivity contribution is 5.64. The Morgan fingerprint density at radius 3 is 2.19 bits per heavy atom. The smallest absolute Gasteiger partial charge is 0.197 e. The molecule has 0 N–H and O–H groups in total. The van der Waals surface area contributed by atoms with Gasteiger partial charge in [-0.15, -0.1) is 0 Å². The molecular weight excluding hydrogens is 194 g/mol. The van der Waals surface area contributed by atoms with Gasteiger partial charge in [0.15, 0.2) is 11.8 Å². The minimum Gasteiger partial charge on any atom is -0.197 e. The summed E-state index contributed by atoms with van der Waals surface area (Å²) in [7, 11) is 0. The first kappa shape index (κ1) is 10.1. The van der Waals surface area contributed by atoms with E-state index in [0.717, 1.165) is 0 Å². The van der Waals surface area contributed by atoms with E-state index in [2.05, 4.69) is 55.0 Å². The van der Waals surface area contributed by atoms with Crippen LogP contribution in [0.15, 0.2) is 30.3 Å². The highest BCUT2D eigenvalue weighted by atomic mass is 15.1. The second-order valence-electron chi connectivity index (χ2n) is 5.99. The number of hydrogen-bond acceptors (Lipinski definition) is 0. The molecule has 1 aromatic rings. The Hall–Kier alpha value is -1.11. The highest BCUT2D eigenvalue weighted by Gasteiger charge is 2.51. The Morgan fingerprint density at radius 1 is 0.938 bits per heavy atom. The van der Waals surface area contributed by atoms with Crippen LogP contribution in [0.3, 0.4) is 0 Å². The van der Waals surface area contributed by atoms with Gasteiger partial charge in [0, 0.05) is 37.3 Å². The monoisotopic (exact) mass is 214 g/mol. The number of fused-ring (bicyclic) bond motifs is 2. The second-order valence-corrected chi connectivity index (χ2v) is 5.99. The summed E-state index contributed by atoms with van der Waals surface area (Å²) in [4.78, 5) is 0. The maximum atomic E-state index is 2.53. The lowest BCUT2D eigenvalue weighted by atomic mass is 9.66. The summed E-state index contributed by atoms with van der Waals surface area (Å²) in [5.74, 6) is 0. The van der Waals surface area contributed by atoms with Crippen LogP contribution in [0.5, 0.6) is 0 Å². The molecule has 0 radical (unpaired) electrons. The fourth-order valence-electron chi connectivity index (χ4n) is 3.17. The summed E-state index contributed by atoms with van der Waals surface area (Å²) >= 11 is 0. The van der Waals surface area contributed by atoms with Crippen LogP contribution >= 0.6 is 0 Å². The SMILES string of the molecule is CC12C=[N+](c3ccccc3)C(C)(CC1)CC2. The fraction of sp³-hybridized carbons (Fsp3) is 0.533. The van der Waals surface area contributed by atoms with Crippen LogP contribution < -0.4 is 0 Å². The van der Waals surface area contributed by atoms with Crippen LogP contribution in [0.2, 0.25) is 0 Å². The quantitative estimate of drug-likeness (QED) is 0.626. The summed E-state index contributed by atoms with van der Waals surface area (Å²) in [6, 6.07) is 10.8. The minimum absolute atomic E-state index is 0.360. The molecule has 0 spiro atoms. The van der Waals surface area contributed by atoms with E-state index in [1.54, 1.807) is 0 Å². The van der Waals surface area contributed by atoms with E-state index in [-0.39, 0.29) is 0 Å². The summed E-state index contributed by atoms with van der Waals surface area (Å²) < 4.78 is 2.53. The van der Waals surface area contributed by atoms with Gasteiger partial charge < -0.3 is 0 Å². The van der Waals surface area contributed by atoms with Crippen molar-refractivity contribution in [2.45, 2.75) is 45.1 Å². The van der Waals surface area contributed by atoms with Crippen molar-refractivity contribution in [2.24, 2.45) is 5.41 Å². The molecule has 3 aliphatic rings. The van der Waals surface area contributed by atoms with E-state index >= 15 is 0 Å². The highest BCUT2D eigenvalue weighted by Crippen LogP contribution is 2.47. The Balaban J connectivity index is 2.11. The van der Waals surface area contributed by atoms with Crippen LogP contribution in [0.25, 0.3) is 0 Å². The number of benzene rings is 1. The van der Waals surface area contributed by atoms with Gasteiger partial charge >= 0.3 is 0 Å². The van der Waals surface area contributed by atoms with Crippen molar-refractivity contribution in [3.63, 3.8) is 0 Å². The van der Waals surface area contributed by atoms with E-state index in [1.807, 2.05) is 0 Å². The lowest BCUT2D eigenvalue weighted by molar-refractivity contribution is -0.547. The molecule has 0 saturated heterocycles. The van der Waals surface area contributed by atoms with Gasteiger partial charge in [0.2, 0.25) is 5.69 Å². The lowest BCUT2D eigenvalue weighted by Crippen LogP contribution is -2.51. The first-order valence-electron chi connectivity index (χ1n) is 6.32. The number of nitrogens with zero attached hydrogens (tertiary/aromatic N) is 1. The average Bonchev–Trinajstić information content (AvgIpc) is 2.32. The van der Waals surface area contributed by atoms with Crippen molar-refractivity contribution < 1.29 is 4.58 Å². The lowest BCUT2D eigenvalue weighted by Gasteiger charge is -2.43. The molecule has 2 aliphatic heterocycles. The van der Waals surface area contributed by atoms with Crippen molar-refractivity contribution in [2.75, 3.05) is 0 Å². The molecule has 0 aromatic heterocycles. The molecule has 2 heterocycles. The molecule has 1 fully saturated rings. The van der Waals surface area contributed by atoms with Gasteiger partial charge in [-0.2, -0.15) is 4.58 Å². The molecule has 1 nitrogen and oxygen atoms in total. The van der Waals surface area contributed by atoms with E-state index in [9.17, 15) is 0 Å². The normalized spacial score (nSPS) is 37.2. The summed E-state index contributed by atoms with van der Waals surface area (Å²) in [5, 5.41) is 0. The summed E-state index contributed by atoms with van der Waals surface area (Å²) in [5.41, 5.74) is 2.16. The third-order valence-electron chi connectivity index (χ3n) is 4.53. The fourth-order valence-corrected chi connectivity index (χ4v) is 3.17. The van der Waals surface area contributed by atoms with Crippen LogP contribution in [0, 0.1) is 5.41 Å². The van der Waals surface area contributed by atoms with Crippen LogP contribution in [-0.4, -0.2) is 16.3 Å². The molecule has 2 bridgehead atoms. The first-order valence-corrected chi connectivity index (χ1v) is 6.32. The molecule has 1 heteroatoms. The standard InChI is InChI=1S/C15H20N/c1-14-8-10-15(2,11-9-14)16(12-14)13-6-4-3-5-7-13/h3-7,12H,8-11H2,1-2H3/q+1. The van der Waals surface area contributed by atoms with Gasteiger partial charge in [0.1, 0.15) is 0 Å². The molecule has 1 saturated carbocycles. The Morgan fingerprint density at radius 2 is 1.56 bits per heavy atom. The zero-order valence-corrected chi connectivity index (χ0v) is 10.2. The van der Waals surface area contributed by atoms with Gasteiger partial charge in [-0.1, -0.05) is 25.1 Å². The van der Waals surface area contributed by atoms with Crippen molar-refractivity contribution in [3.05, 3.63) is 30.3 Å². The second kappa shape index (κ2) is 3.19. The maximum Gasteiger partial charge on any atom is 0.205 e. The van der Waals surface area contributed by atoms with Crippen LogP contribution in [0.1, 0.15) is 39.5 Å². The summed E-state index contributed by atoms with van der Waals surface area (Å²) in [6.07, 6.45) is 7.85. The molecule has 0 amide bonds. The van der Waals surface area contributed by atoms with Gasteiger partial charge in [0.05, 0.1) is 0 Å². The minimum atomic E-state index is 0.360. The molecule has 1 aromatic carbocycles. The Kier molecular flexibility index (Phi) is 2.01. The largest absolute Gasteiger partial charge is 0.205 e. The van der Waals surface area contributed by atoms with Gasteiger partial charge in [0.25, 0.3) is 0 Å².